The standard InChI is InChI=1S/C14H21NO5/c1-5-9(2)12(14(17)19-4)15-8-10-6-7-11(20-10)13(16)18-3/h6-7,9,12,15H,5,8H2,1-4H3. The molecule has 6 heteroatoms. The molecule has 0 aliphatic rings. The number of hydrogen-bond acceptors (Lipinski definition) is 6. The molecule has 112 valence electrons. The van der Waals surface area contributed by atoms with E-state index in [0.29, 0.717) is 12.3 Å². The van der Waals surface area contributed by atoms with Crippen LogP contribution in [0, 0.1) is 5.92 Å². The predicted octanol–water partition coefficient (Wildman–Crippen LogP) is 1.74. The van der Waals surface area contributed by atoms with Crippen molar-refractivity contribution >= 4 is 11.9 Å². The van der Waals surface area contributed by atoms with Gasteiger partial charge in [-0.15, -0.1) is 0 Å². The molecule has 0 fully saturated rings. The number of hydrogen-bond donors (Lipinski definition) is 1. The summed E-state index contributed by atoms with van der Waals surface area (Å²) < 4.78 is 14.7. The van der Waals surface area contributed by atoms with Gasteiger partial charge in [-0.3, -0.25) is 10.1 Å². The monoisotopic (exact) mass is 283 g/mol. The van der Waals surface area contributed by atoms with Gasteiger partial charge in [0.25, 0.3) is 0 Å². The fourth-order valence-electron chi connectivity index (χ4n) is 1.77. The normalized spacial score (nSPS) is 13.6. The molecular weight excluding hydrogens is 262 g/mol. The zero-order valence-electron chi connectivity index (χ0n) is 12.3. The second-order valence-electron chi connectivity index (χ2n) is 4.52. The predicted molar refractivity (Wildman–Crippen MR) is 72.1 cm³/mol. The van der Waals surface area contributed by atoms with E-state index in [1.807, 2.05) is 13.8 Å². The summed E-state index contributed by atoms with van der Waals surface area (Å²) in [6.45, 7) is 4.31. The average Bonchev–Trinajstić information content (AvgIpc) is 2.94. The lowest BCUT2D eigenvalue weighted by Gasteiger charge is -2.21. The zero-order chi connectivity index (χ0) is 15.1. The van der Waals surface area contributed by atoms with Gasteiger partial charge in [0.05, 0.1) is 20.8 Å². The van der Waals surface area contributed by atoms with E-state index in [0.717, 1.165) is 6.42 Å². The van der Waals surface area contributed by atoms with Gasteiger partial charge in [-0.05, 0) is 18.1 Å². The van der Waals surface area contributed by atoms with Crippen LogP contribution in [0.25, 0.3) is 0 Å². The molecule has 1 heterocycles. The Kier molecular flexibility index (Phi) is 6.24. The molecule has 0 aromatic carbocycles. The maximum atomic E-state index is 11.7. The van der Waals surface area contributed by atoms with E-state index in [1.54, 1.807) is 12.1 Å². The smallest absolute Gasteiger partial charge is 0.373 e. The summed E-state index contributed by atoms with van der Waals surface area (Å²) in [4.78, 5) is 23.0. The van der Waals surface area contributed by atoms with Crippen molar-refractivity contribution in [3.8, 4) is 0 Å². The summed E-state index contributed by atoms with van der Waals surface area (Å²) in [7, 11) is 2.65. The first-order chi connectivity index (χ1) is 9.53. The molecule has 0 aliphatic carbocycles. The number of methoxy groups -OCH3 is 2. The fraction of sp³-hybridized carbons (Fsp3) is 0.571. The number of furan rings is 1. The van der Waals surface area contributed by atoms with Crippen molar-refractivity contribution in [2.75, 3.05) is 14.2 Å². The Morgan fingerprint density at radius 1 is 1.30 bits per heavy atom. The number of ether oxygens (including phenoxy) is 2. The SMILES string of the molecule is CCC(C)C(NCc1ccc(C(=O)OC)o1)C(=O)OC. The molecule has 6 nitrogen and oxygen atoms in total. The first-order valence-electron chi connectivity index (χ1n) is 6.51. The Labute approximate surface area is 118 Å². The third-order valence-corrected chi connectivity index (χ3v) is 3.21. The summed E-state index contributed by atoms with van der Waals surface area (Å²) in [5.41, 5.74) is 0. The van der Waals surface area contributed by atoms with Crippen LogP contribution in [0.5, 0.6) is 0 Å². The first-order valence-corrected chi connectivity index (χ1v) is 6.51. The Morgan fingerprint density at radius 3 is 2.55 bits per heavy atom. The Bertz CT molecular complexity index is 454. The molecule has 2 unspecified atom stereocenters. The van der Waals surface area contributed by atoms with E-state index in [-0.39, 0.29) is 17.6 Å². The van der Waals surface area contributed by atoms with Gasteiger partial charge in [0.15, 0.2) is 0 Å². The molecule has 0 saturated carbocycles. The van der Waals surface area contributed by atoms with Crippen molar-refractivity contribution in [3.63, 3.8) is 0 Å². The van der Waals surface area contributed by atoms with Crippen LogP contribution in [0.15, 0.2) is 16.5 Å². The van der Waals surface area contributed by atoms with Gasteiger partial charge in [0.1, 0.15) is 11.8 Å². The van der Waals surface area contributed by atoms with E-state index in [2.05, 4.69) is 10.1 Å². The molecule has 1 N–H and O–H groups in total. The van der Waals surface area contributed by atoms with Gasteiger partial charge in [-0.1, -0.05) is 20.3 Å². The summed E-state index contributed by atoms with van der Waals surface area (Å²) in [5.74, 6) is 0.00402. The topological polar surface area (TPSA) is 77.8 Å². The number of carbonyl (C=O) groups is 2. The maximum absolute atomic E-state index is 11.7. The van der Waals surface area contributed by atoms with Crippen LogP contribution in [0.3, 0.4) is 0 Å². The lowest BCUT2D eigenvalue weighted by Crippen LogP contribution is -2.42. The fourth-order valence-corrected chi connectivity index (χ4v) is 1.77. The number of nitrogens with one attached hydrogen (secondary N) is 1. The molecule has 0 radical (unpaired) electrons. The molecule has 2 atom stereocenters. The van der Waals surface area contributed by atoms with Gasteiger partial charge < -0.3 is 13.9 Å². The van der Waals surface area contributed by atoms with Crippen molar-refractivity contribution in [2.24, 2.45) is 5.92 Å². The molecule has 1 aromatic rings. The lowest BCUT2D eigenvalue weighted by atomic mass is 9.99. The minimum atomic E-state index is -0.525. The van der Waals surface area contributed by atoms with Crippen LogP contribution in [-0.2, 0) is 20.8 Å². The van der Waals surface area contributed by atoms with Crippen molar-refractivity contribution in [1.82, 2.24) is 5.32 Å². The summed E-state index contributed by atoms with van der Waals surface area (Å²) in [6, 6.07) is 2.81. The molecule has 0 bridgehead atoms. The largest absolute Gasteiger partial charge is 0.468 e. The van der Waals surface area contributed by atoms with Gasteiger partial charge in [-0.2, -0.15) is 0 Å². The molecule has 20 heavy (non-hydrogen) atoms. The highest BCUT2D eigenvalue weighted by molar-refractivity contribution is 5.86. The summed E-state index contributed by atoms with van der Waals surface area (Å²) in [5, 5.41) is 3.09. The van der Waals surface area contributed by atoms with Crippen LogP contribution in [0.2, 0.25) is 0 Å². The maximum Gasteiger partial charge on any atom is 0.373 e. The molecule has 0 saturated heterocycles. The highest BCUT2D eigenvalue weighted by atomic mass is 16.5. The molecule has 1 rings (SSSR count). The highest BCUT2D eigenvalue weighted by Crippen LogP contribution is 2.12. The van der Waals surface area contributed by atoms with E-state index < -0.39 is 12.0 Å². The number of carbonyl (C=O) groups excluding carboxylic acids is 2. The van der Waals surface area contributed by atoms with E-state index in [1.165, 1.54) is 14.2 Å². The molecular formula is C14H21NO5. The van der Waals surface area contributed by atoms with E-state index in [4.69, 9.17) is 9.15 Å². The lowest BCUT2D eigenvalue weighted by molar-refractivity contribution is -0.144. The molecule has 0 amide bonds. The van der Waals surface area contributed by atoms with Crippen LogP contribution in [0.1, 0.15) is 36.6 Å². The van der Waals surface area contributed by atoms with E-state index in [9.17, 15) is 9.59 Å². The Balaban J connectivity index is 2.65. The third-order valence-electron chi connectivity index (χ3n) is 3.21. The summed E-state index contributed by atoms with van der Waals surface area (Å²) in [6.07, 6.45) is 0.846. The highest BCUT2D eigenvalue weighted by Gasteiger charge is 2.24. The van der Waals surface area contributed by atoms with Crippen LogP contribution >= 0.6 is 0 Å². The number of rotatable bonds is 7. The van der Waals surface area contributed by atoms with Gasteiger partial charge in [-0.25, -0.2) is 4.79 Å². The van der Waals surface area contributed by atoms with Crippen molar-refractivity contribution < 1.29 is 23.5 Å². The molecule has 0 aliphatic heterocycles. The first kappa shape index (κ1) is 16.2. The van der Waals surface area contributed by atoms with Crippen molar-refractivity contribution in [3.05, 3.63) is 23.7 Å². The van der Waals surface area contributed by atoms with Crippen molar-refractivity contribution in [2.45, 2.75) is 32.9 Å². The third kappa shape index (κ3) is 4.09. The molecule has 0 spiro atoms. The van der Waals surface area contributed by atoms with E-state index >= 15 is 0 Å². The van der Waals surface area contributed by atoms with Crippen LogP contribution < -0.4 is 5.32 Å². The van der Waals surface area contributed by atoms with Crippen LogP contribution in [-0.4, -0.2) is 32.2 Å². The average molecular weight is 283 g/mol. The van der Waals surface area contributed by atoms with Gasteiger partial charge in [0.2, 0.25) is 5.76 Å². The summed E-state index contributed by atoms with van der Waals surface area (Å²) >= 11 is 0. The number of esters is 2. The van der Waals surface area contributed by atoms with Gasteiger partial charge >= 0.3 is 11.9 Å². The second kappa shape index (κ2) is 7.69. The Morgan fingerprint density at radius 2 is 2.00 bits per heavy atom. The Hall–Kier alpha value is -1.82. The van der Waals surface area contributed by atoms with Crippen molar-refractivity contribution in [1.29, 1.82) is 0 Å². The zero-order valence-corrected chi connectivity index (χ0v) is 12.3. The quantitative estimate of drug-likeness (QED) is 0.768. The van der Waals surface area contributed by atoms with Gasteiger partial charge in [0, 0.05) is 0 Å². The minimum absolute atomic E-state index is 0.137. The molecule has 1 aromatic heterocycles. The van der Waals surface area contributed by atoms with Crippen LogP contribution in [0.4, 0.5) is 0 Å². The minimum Gasteiger partial charge on any atom is -0.468 e. The second-order valence-corrected chi connectivity index (χ2v) is 4.52.